The Morgan fingerprint density at radius 1 is 1.73 bits per heavy atom. The summed E-state index contributed by atoms with van der Waals surface area (Å²) in [5.74, 6) is -0.113. The molecule has 0 saturated carbocycles. The highest BCUT2D eigenvalue weighted by Gasteiger charge is 2.27. The van der Waals surface area contributed by atoms with Crippen LogP contribution in [0.25, 0.3) is 0 Å². The van der Waals surface area contributed by atoms with E-state index in [-0.39, 0.29) is 30.9 Å². The third-order valence-electron chi connectivity index (χ3n) is 1.69. The van der Waals surface area contributed by atoms with Crippen molar-refractivity contribution in [3.8, 4) is 0 Å². The molecule has 0 spiro atoms. The van der Waals surface area contributed by atoms with Gasteiger partial charge in [-0.15, -0.1) is 12.4 Å². The van der Waals surface area contributed by atoms with Crippen LogP contribution in [0.4, 0.5) is 4.39 Å². The van der Waals surface area contributed by atoms with Gasteiger partial charge in [0.2, 0.25) is 5.91 Å². The maximum absolute atomic E-state index is 11.7. The van der Waals surface area contributed by atoms with E-state index < -0.39 is 6.67 Å². The van der Waals surface area contributed by atoms with E-state index in [1.54, 1.807) is 0 Å². The van der Waals surface area contributed by atoms with Crippen LogP contribution in [-0.4, -0.2) is 36.6 Å². The monoisotopic (exact) mass is 182 g/mol. The molecule has 0 aromatic heterocycles. The molecule has 1 aliphatic heterocycles. The molecule has 11 heavy (non-hydrogen) atoms. The predicted octanol–water partition coefficient (Wildman–Crippen LogP) is -0.0627. The molecule has 1 unspecified atom stereocenters. The highest BCUT2D eigenvalue weighted by Crippen LogP contribution is 2.07. The maximum Gasteiger partial charge on any atom is 0.239 e. The van der Waals surface area contributed by atoms with Gasteiger partial charge in [-0.1, -0.05) is 0 Å². The summed E-state index contributed by atoms with van der Waals surface area (Å²) in [6.07, 6.45) is 0.666. The molecule has 1 saturated heterocycles. The average Bonchev–Trinajstić information content (AvgIpc) is 2.20. The molecule has 1 atom stereocenters. The van der Waals surface area contributed by atoms with Crippen molar-refractivity contribution in [3.63, 3.8) is 0 Å². The van der Waals surface area contributed by atoms with Crippen LogP contribution in [0, 0.1) is 0 Å². The molecule has 5 heteroatoms. The first-order chi connectivity index (χ1) is 4.75. The lowest BCUT2D eigenvalue weighted by Gasteiger charge is -2.12. The molecule has 1 amide bonds. The zero-order valence-corrected chi connectivity index (χ0v) is 6.94. The van der Waals surface area contributed by atoms with Gasteiger partial charge in [0.05, 0.1) is 6.04 Å². The minimum atomic E-state index is -0.474. The van der Waals surface area contributed by atoms with Gasteiger partial charge in [0.15, 0.2) is 0 Å². The third kappa shape index (κ3) is 2.31. The molecule has 0 aromatic carbocycles. The molecule has 1 rings (SSSR count). The second-order valence-electron chi connectivity index (χ2n) is 2.41. The molecule has 0 aliphatic carbocycles. The number of carbonyl (C=O) groups excluding carboxylic acids is 1. The molecular formula is C6H12ClFN2O. The van der Waals surface area contributed by atoms with Gasteiger partial charge in [0.1, 0.15) is 6.67 Å². The summed E-state index contributed by atoms with van der Waals surface area (Å²) in [7, 11) is 0. The van der Waals surface area contributed by atoms with Crippen LogP contribution >= 0.6 is 12.4 Å². The van der Waals surface area contributed by atoms with Crippen LogP contribution in [0.2, 0.25) is 0 Å². The lowest BCUT2D eigenvalue weighted by molar-refractivity contribution is -0.128. The van der Waals surface area contributed by atoms with Crippen LogP contribution in [0.3, 0.4) is 0 Å². The lowest BCUT2D eigenvalue weighted by atomic mass is 10.3. The second-order valence-corrected chi connectivity index (χ2v) is 2.41. The fourth-order valence-corrected chi connectivity index (χ4v) is 1.09. The van der Waals surface area contributed by atoms with Crippen molar-refractivity contribution < 1.29 is 9.18 Å². The Labute approximate surface area is 71.1 Å². The van der Waals surface area contributed by atoms with Crippen molar-refractivity contribution in [2.24, 2.45) is 5.73 Å². The molecule has 1 heterocycles. The van der Waals surface area contributed by atoms with Crippen molar-refractivity contribution in [2.75, 3.05) is 19.8 Å². The fourth-order valence-electron chi connectivity index (χ4n) is 1.09. The normalized spacial score (nSPS) is 23.6. The first kappa shape index (κ1) is 10.7. The van der Waals surface area contributed by atoms with Crippen LogP contribution < -0.4 is 5.73 Å². The summed E-state index contributed by atoms with van der Waals surface area (Å²) >= 11 is 0. The van der Waals surface area contributed by atoms with E-state index in [1.807, 2.05) is 0 Å². The van der Waals surface area contributed by atoms with Gasteiger partial charge in [-0.2, -0.15) is 0 Å². The Morgan fingerprint density at radius 2 is 2.36 bits per heavy atom. The third-order valence-corrected chi connectivity index (χ3v) is 1.69. The number of amides is 1. The molecule has 1 aliphatic rings. The van der Waals surface area contributed by atoms with Crippen LogP contribution in [0.15, 0.2) is 0 Å². The number of alkyl halides is 1. The van der Waals surface area contributed by atoms with Gasteiger partial charge < -0.3 is 10.6 Å². The number of carbonyl (C=O) groups is 1. The highest BCUT2D eigenvalue weighted by atomic mass is 35.5. The Morgan fingerprint density at radius 3 is 2.73 bits per heavy atom. The zero-order valence-electron chi connectivity index (χ0n) is 6.12. The standard InChI is InChI=1S/C6H11FN2O.ClH/c7-2-4-9-3-1-5(8)6(9)10;/h5H,1-4,8H2;1H. The van der Waals surface area contributed by atoms with E-state index in [0.29, 0.717) is 13.0 Å². The molecule has 3 nitrogen and oxygen atoms in total. The first-order valence-electron chi connectivity index (χ1n) is 3.36. The van der Waals surface area contributed by atoms with E-state index in [0.717, 1.165) is 0 Å². The molecule has 0 bridgehead atoms. The summed E-state index contributed by atoms with van der Waals surface area (Å²) in [5, 5.41) is 0. The molecule has 0 aromatic rings. The van der Waals surface area contributed by atoms with Crippen molar-refractivity contribution in [2.45, 2.75) is 12.5 Å². The summed E-state index contributed by atoms with van der Waals surface area (Å²) in [6, 6.07) is -0.383. The first-order valence-corrected chi connectivity index (χ1v) is 3.36. The van der Waals surface area contributed by atoms with Crippen molar-refractivity contribution in [1.29, 1.82) is 0 Å². The van der Waals surface area contributed by atoms with E-state index in [2.05, 4.69) is 0 Å². The van der Waals surface area contributed by atoms with Crippen LogP contribution in [0.5, 0.6) is 0 Å². The number of likely N-dealkylation sites (tertiary alicyclic amines) is 1. The smallest absolute Gasteiger partial charge is 0.239 e. The van der Waals surface area contributed by atoms with Crippen LogP contribution in [0.1, 0.15) is 6.42 Å². The summed E-state index contributed by atoms with van der Waals surface area (Å²) in [5.41, 5.74) is 5.39. The van der Waals surface area contributed by atoms with Crippen LogP contribution in [-0.2, 0) is 4.79 Å². The highest BCUT2D eigenvalue weighted by molar-refractivity contribution is 5.85. The Bertz CT molecular complexity index is 143. The van der Waals surface area contributed by atoms with E-state index in [4.69, 9.17) is 5.73 Å². The molecule has 66 valence electrons. The molecule has 1 fully saturated rings. The van der Waals surface area contributed by atoms with E-state index >= 15 is 0 Å². The van der Waals surface area contributed by atoms with Gasteiger partial charge in [-0.05, 0) is 6.42 Å². The van der Waals surface area contributed by atoms with Crippen molar-refractivity contribution in [3.05, 3.63) is 0 Å². The topological polar surface area (TPSA) is 46.3 Å². The summed E-state index contributed by atoms with van der Waals surface area (Å²) < 4.78 is 11.7. The summed E-state index contributed by atoms with van der Waals surface area (Å²) in [6.45, 7) is 0.342. The van der Waals surface area contributed by atoms with Gasteiger partial charge in [0.25, 0.3) is 0 Å². The van der Waals surface area contributed by atoms with Gasteiger partial charge in [-0.3, -0.25) is 4.79 Å². The Balaban J connectivity index is 0.000001000. The summed E-state index contributed by atoms with van der Waals surface area (Å²) in [4.78, 5) is 12.4. The van der Waals surface area contributed by atoms with Gasteiger partial charge in [0, 0.05) is 13.1 Å². The van der Waals surface area contributed by atoms with Crippen molar-refractivity contribution in [1.82, 2.24) is 4.90 Å². The number of hydrogen-bond donors (Lipinski definition) is 1. The number of nitrogens with zero attached hydrogens (tertiary/aromatic N) is 1. The molecular weight excluding hydrogens is 171 g/mol. The van der Waals surface area contributed by atoms with Gasteiger partial charge >= 0.3 is 0 Å². The number of hydrogen-bond acceptors (Lipinski definition) is 2. The fraction of sp³-hybridized carbons (Fsp3) is 0.833. The predicted molar refractivity (Wildman–Crippen MR) is 42.4 cm³/mol. The number of halogens is 2. The lowest BCUT2D eigenvalue weighted by Crippen LogP contribution is -2.35. The number of rotatable bonds is 2. The second kappa shape index (κ2) is 4.51. The molecule has 0 radical (unpaired) electrons. The zero-order chi connectivity index (χ0) is 7.56. The largest absolute Gasteiger partial charge is 0.339 e. The average molecular weight is 183 g/mol. The SMILES string of the molecule is Cl.NC1CCN(CCF)C1=O. The Hall–Kier alpha value is -0.350. The van der Waals surface area contributed by atoms with E-state index in [1.165, 1.54) is 4.90 Å². The quantitative estimate of drug-likeness (QED) is 0.651. The maximum atomic E-state index is 11.7. The van der Waals surface area contributed by atoms with Gasteiger partial charge in [-0.25, -0.2) is 4.39 Å². The Kier molecular flexibility index (Phi) is 4.37. The minimum absolute atomic E-state index is 0. The minimum Gasteiger partial charge on any atom is -0.339 e. The molecule has 2 N–H and O–H groups in total. The van der Waals surface area contributed by atoms with Crippen molar-refractivity contribution >= 4 is 18.3 Å². The number of nitrogens with two attached hydrogens (primary N) is 1. The van der Waals surface area contributed by atoms with E-state index in [9.17, 15) is 9.18 Å².